The lowest BCUT2D eigenvalue weighted by Crippen LogP contribution is -2.60. The van der Waals surface area contributed by atoms with E-state index in [4.69, 9.17) is 9.97 Å². The highest BCUT2D eigenvalue weighted by Gasteiger charge is 2.43. The maximum Gasteiger partial charge on any atom is 0.227 e. The highest BCUT2D eigenvalue weighted by molar-refractivity contribution is 6.08. The molecule has 10 nitrogen and oxygen atoms in total. The Kier molecular flexibility index (Phi) is 8.40. The van der Waals surface area contributed by atoms with E-state index in [2.05, 4.69) is 47.0 Å². The summed E-state index contributed by atoms with van der Waals surface area (Å²) in [6.45, 7) is 11.3. The molecule has 4 atom stereocenters. The molecule has 1 unspecified atom stereocenters. The van der Waals surface area contributed by atoms with Crippen LogP contribution in [-0.2, 0) is 11.8 Å². The maximum atomic E-state index is 13.4. The number of amides is 1. The Balaban J connectivity index is 0.00000180. The van der Waals surface area contributed by atoms with Gasteiger partial charge in [-0.05, 0) is 56.9 Å². The van der Waals surface area contributed by atoms with Crippen LogP contribution in [0.1, 0.15) is 51.8 Å². The van der Waals surface area contributed by atoms with Gasteiger partial charge in [-0.2, -0.15) is 15.6 Å². The number of hydrogen-bond acceptors (Lipinski definition) is 8. The first-order valence-corrected chi connectivity index (χ1v) is 14.9. The van der Waals surface area contributed by atoms with Gasteiger partial charge in [0.2, 0.25) is 5.91 Å². The Morgan fingerprint density at radius 1 is 1.00 bits per heavy atom. The molecule has 1 saturated carbocycles. The van der Waals surface area contributed by atoms with Gasteiger partial charge in [0.25, 0.3) is 0 Å². The minimum absolute atomic E-state index is 0.0129. The van der Waals surface area contributed by atoms with Crippen molar-refractivity contribution in [3.8, 4) is 34.5 Å². The van der Waals surface area contributed by atoms with Gasteiger partial charge in [0.05, 0.1) is 34.5 Å². The van der Waals surface area contributed by atoms with E-state index in [1.165, 1.54) is 0 Å². The molecule has 1 aliphatic heterocycles. The molecular formula is C33H37N9O. The van der Waals surface area contributed by atoms with Crippen molar-refractivity contribution in [3.63, 3.8) is 0 Å². The molecule has 2 fully saturated rings. The van der Waals surface area contributed by atoms with Gasteiger partial charge in [0, 0.05) is 61.8 Å². The number of rotatable bonds is 4. The molecule has 43 heavy (non-hydrogen) atoms. The third-order valence-electron chi connectivity index (χ3n) is 8.52. The summed E-state index contributed by atoms with van der Waals surface area (Å²) in [5.41, 5.74) is 5.63. The molecule has 6 rings (SSSR count). The molecule has 4 heterocycles. The molecule has 0 bridgehead atoms. The molecule has 220 valence electrons. The van der Waals surface area contributed by atoms with E-state index in [1.807, 2.05) is 50.2 Å². The number of hydrogen-bond donors (Lipinski definition) is 0. The second-order valence-electron chi connectivity index (χ2n) is 11.2. The van der Waals surface area contributed by atoms with E-state index in [0.717, 1.165) is 51.8 Å². The van der Waals surface area contributed by atoms with Crippen molar-refractivity contribution in [1.82, 2.24) is 29.6 Å². The summed E-state index contributed by atoms with van der Waals surface area (Å²) in [5.74, 6) is 0.507. The van der Waals surface area contributed by atoms with Crippen molar-refractivity contribution in [2.45, 2.75) is 59.5 Å². The second kappa shape index (κ2) is 12.2. The Bertz CT molecular complexity index is 1750. The van der Waals surface area contributed by atoms with Gasteiger partial charge >= 0.3 is 0 Å². The van der Waals surface area contributed by atoms with E-state index in [0.29, 0.717) is 24.5 Å². The van der Waals surface area contributed by atoms with E-state index >= 15 is 0 Å². The minimum Gasteiger partial charge on any atom is -0.349 e. The third-order valence-corrected chi connectivity index (χ3v) is 8.52. The number of anilines is 1. The fourth-order valence-corrected chi connectivity index (χ4v) is 6.12. The van der Waals surface area contributed by atoms with Crippen molar-refractivity contribution >= 4 is 22.6 Å². The molecule has 1 aromatic carbocycles. The molecular weight excluding hydrogens is 538 g/mol. The van der Waals surface area contributed by atoms with Gasteiger partial charge in [-0.1, -0.05) is 19.9 Å². The lowest BCUT2D eigenvalue weighted by molar-refractivity contribution is -0.143. The lowest BCUT2D eigenvalue weighted by Gasteiger charge is -2.47. The van der Waals surface area contributed by atoms with Gasteiger partial charge in [-0.15, -0.1) is 0 Å². The number of nitriles is 2. The first-order valence-electron chi connectivity index (χ1n) is 14.9. The van der Waals surface area contributed by atoms with Crippen molar-refractivity contribution in [3.05, 3.63) is 54.2 Å². The first kappa shape index (κ1) is 29.7. The van der Waals surface area contributed by atoms with Crippen molar-refractivity contribution in [2.24, 2.45) is 18.9 Å². The summed E-state index contributed by atoms with van der Waals surface area (Å²) >= 11 is 0. The molecule has 0 N–H and O–H groups in total. The zero-order chi connectivity index (χ0) is 30.8. The maximum absolute atomic E-state index is 13.4. The Labute approximate surface area is 252 Å². The standard InChI is InChI=1S/C31H31N9O.C2H6/c1-18-9-22(14-34-13-18)24-7-8-26(27-10-23(12-33)38(4)37-27)29-28(24)30(36-17-35-29)39-15-20(3)40(16-19(39)2)31(41)25-6-5-21(25)11-32;1-2/h7-10,13-14,17,19-21,25H,5-6,15-16H2,1-4H3;1-2H3/t19-,20+,21-,25?;/m0./s1. The van der Waals surface area contributed by atoms with Crippen molar-refractivity contribution < 1.29 is 4.79 Å². The molecule has 2 aliphatic rings. The molecule has 0 radical (unpaired) electrons. The number of carbonyl (C=O) groups excluding carboxylic acids is 1. The molecule has 1 saturated heterocycles. The van der Waals surface area contributed by atoms with E-state index in [-0.39, 0.29) is 29.8 Å². The number of fused-ring (bicyclic) bond motifs is 1. The molecule has 1 aliphatic carbocycles. The predicted octanol–water partition coefficient (Wildman–Crippen LogP) is 5.27. The number of nitrogens with zero attached hydrogens (tertiary/aromatic N) is 9. The number of aromatic nitrogens is 5. The molecule has 1 amide bonds. The highest BCUT2D eigenvalue weighted by Crippen LogP contribution is 2.41. The Hall–Kier alpha value is -4.83. The summed E-state index contributed by atoms with van der Waals surface area (Å²) in [6.07, 6.45) is 6.84. The monoisotopic (exact) mass is 575 g/mol. The highest BCUT2D eigenvalue weighted by atomic mass is 16.2. The molecule has 0 spiro atoms. The molecule has 3 aromatic heterocycles. The van der Waals surface area contributed by atoms with Gasteiger partial charge in [0.1, 0.15) is 23.9 Å². The van der Waals surface area contributed by atoms with Crippen LogP contribution in [0.2, 0.25) is 0 Å². The largest absolute Gasteiger partial charge is 0.349 e. The average molecular weight is 576 g/mol. The van der Waals surface area contributed by atoms with Crippen LogP contribution < -0.4 is 4.90 Å². The third kappa shape index (κ3) is 5.30. The summed E-state index contributed by atoms with van der Waals surface area (Å²) in [4.78, 5) is 31.6. The fourth-order valence-electron chi connectivity index (χ4n) is 6.12. The lowest BCUT2D eigenvalue weighted by atomic mass is 9.73. The van der Waals surface area contributed by atoms with E-state index < -0.39 is 0 Å². The number of aryl methyl sites for hydroxylation is 2. The van der Waals surface area contributed by atoms with E-state index in [1.54, 1.807) is 24.1 Å². The minimum atomic E-state index is -0.194. The van der Waals surface area contributed by atoms with Crippen LogP contribution in [-0.4, -0.2) is 60.7 Å². The smallest absolute Gasteiger partial charge is 0.227 e. The molecule has 10 heteroatoms. The Morgan fingerprint density at radius 3 is 2.42 bits per heavy atom. The normalized spacial score (nSPS) is 21.3. The fraction of sp³-hybridized carbons (Fsp3) is 0.424. The number of piperazine rings is 1. The van der Waals surface area contributed by atoms with Crippen LogP contribution in [0.15, 0.2) is 43.0 Å². The zero-order valence-electron chi connectivity index (χ0n) is 25.6. The Morgan fingerprint density at radius 2 is 1.77 bits per heavy atom. The van der Waals surface area contributed by atoms with Crippen LogP contribution in [0, 0.1) is 41.4 Å². The van der Waals surface area contributed by atoms with E-state index in [9.17, 15) is 15.3 Å². The second-order valence-corrected chi connectivity index (χ2v) is 11.2. The first-order chi connectivity index (χ1) is 20.8. The summed E-state index contributed by atoms with van der Waals surface area (Å²) in [5, 5.41) is 24.4. The summed E-state index contributed by atoms with van der Waals surface area (Å²) < 4.78 is 1.57. The SMILES string of the molecule is CC.Cc1cncc(-c2ccc(-c3cc(C#N)n(C)n3)c3ncnc(N4C[C@@H](C)N(C(=O)C5CC[C@H]5C#N)C[C@@H]4C)c23)c1. The number of benzene rings is 1. The van der Waals surface area contributed by atoms with Gasteiger partial charge in [0.15, 0.2) is 0 Å². The topological polar surface area (TPSA) is 128 Å². The summed E-state index contributed by atoms with van der Waals surface area (Å²) in [7, 11) is 1.75. The van der Waals surface area contributed by atoms with Crippen LogP contribution in [0.5, 0.6) is 0 Å². The summed E-state index contributed by atoms with van der Waals surface area (Å²) in [6, 6.07) is 12.3. The van der Waals surface area contributed by atoms with Crippen LogP contribution in [0.3, 0.4) is 0 Å². The van der Waals surface area contributed by atoms with Crippen LogP contribution >= 0.6 is 0 Å². The average Bonchev–Trinajstić information content (AvgIpc) is 3.38. The van der Waals surface area contributed by atoms with Gasteiger partial charge in [-0.25, -0.2) is 9.97 Å². The number of carbonyl (C=O) groups is 1. The predicted molar refractivity (Wildman–Crippen MR) is 166 cm³/mol. The zero-order valence-corrected chi connectivity index (χ0v) is 25.6. The van der Waals surface area contributed by atoms with Crippen molar-refractivity contribution in [2.75, 3.05) is 18.0 Å². The quantitative estimate of drug-likeness (QED) is 0.322. The van der Waals surface area contributed by atoms with Crippen LogP contribution in [0.4, 0.5) is 5.82 Å². The molecule has 4 aromatic rings. The van der Waals surface area contributed by atoms with Gasteiger partial charge < -0.3 is 9.80 Å². The number of pyridine rings is 1. The van der Waals surface area contributed by atoms with Gasteiger partial charge in [-0.3, -0.25) is 14.5 Å². The van der Waals surface area contributed by atoms with Crippen LogP contribution in [0.25, 0.3) is 33.3 Å². The van der Waals surface area contributed by atoms with Crippen molar-refractivity contribution in [1.29, 1.82) is 10.5 Å².